The first-order valence-corrected chi connectivity index (χ1v) is 8.20. The van der Waals surface area contributed by atoms with Gasteiger partial charge >= 0.3 is 0 Å². The van der Waals surface area contributed by atoms with Crippen LogP contribution in [-0.4, -0.2) is 60.5 Å². The Kier molecular flexibility index (Phi) is 5.08. The summed E-state index contributed by atoms with van der Waals surface area (Å²) in [6.07, 6.45) is 2.25. The van der Waals surface area contributed by atoms with Gasteiger partial charge in [0.05, 0.1) is 13.2 Å². The van der Waals surface area contributed by atoms with E-state index in [9.17, 15) is 18.4 Å². The third kappa shape index (κ3) is 3.40. The molecule has 3 rings (SSSR count). The quantitative estimate of drug-likeness (QED) is 0.826. The molecule has 2 saturated heterocycles. The van der Waals surface area contributed by atoms with E-state index in [4.69, 9.17) is 4.74 Å². The van der Waals surface area contributed by atoms with Gasteiger partial charge in [-0.3, -0.25) is 9.59 Å². The van der Waals surface area contributed by atoms with E-state index < -0.39 is 23.6 Å². The lowest BCUT2D eigenvalue weighted by atomic mass is 9.99. The Hall–Kier alpha value is -2.02. The summed E-state index contributed by atoms with van der Waals surface area (Å²) >= 11 is 0. The van der Waals surface area contributed by atoms with Gasteiger partial charge in [-0.2, -0.15) is 0 Å². The van der Waals surface area contributed by atoms with E-state index in [1.807, 2.05) is 0 Å². The predicted molar refractivity (Wildman–Crippen MR) is 82.4 cm³/mol. The molecule has 130 valence electrons. The number of nitrogens with zero attached hydrogens (tertiary/aromatic N) is 2. The molecular weight excluding hydrogens is 318 g/mol. The van der Waals surface area contributed by atoms with E-state index in [1.165, 1.54) is 11.0 Å². The van der Waals surface area contributed by atoms with Crippen molar-refractivity contribution in [2.45, 2.75) is 25.3 Å². The van der Waals surface area contributed by atoms with Crippen molar-refractivity contribution in [3.8, 4) is 0 Å². The average molecular weight is 338 g/mol. The van der Waals surface area contributed by atoms with Crippen LogP contribution in [0.4, 0.5) is 8.78 Å². The van der Waals surface area contributed by atoms with Crippen molar-refractivity contribution >= 4 is 11.8 Å². The second kappa shape index (κ2) is 7.25. The molecule has 2 heterocycles. The zero-order valence-corrected chi connectivity index (χ0v) is 13.3. The van der Waals surface area contributed by atoms with Crippen LogP contribution < -0.4 is 0 Å². The maximum atomic E-state index is 13.4. The number of rotatable bonds is 2. The molecule has 0 unspecified atom stereocenters. The van der Waals surface area contributed by atoms with E-state index in [1.54, 1.807) is 4.90 Å². The van der Waals surface area contributed by atoms with Gasteiger partial charge in [-0.25, -0.2) is 8.78 Å². The molecule has 7 heteroatoms. The van der Waals surface area contributed by atoms with Crippen molar-refractivity contribution in [3.05, 3.63) is 35.4 Å². The Morgan fingerprint density at radius 1 is 1.04 bits per heavy atom. The van der Waals surface area contributed by atoms with Gasteiger partial charge in [0.2, 0.25) is 5.91 Å². The fraction of sp³-hybridized carbons (Fsp3) is 0.529. The Bertz CT molecular complexity index is 632. The molecule has 0 bridgehead atoms. The maximum Gasteiger partial charge on any atom is 0.254 e. The fourth-order valence-corrected chi connectivity index (χ4v) is 3.22. The lowest BCUT2D eigenvalue weighted by Crippen LogP contribution is -2.55. The molecule has 1 aromatic carbocycles. The van der Waals surface area contributed by atoms with Crippen LogP contribution in [0.25, 0.3) is 0 Å². The third-order valence-electron chi connectivity index (χ3n) is 4.54. The molecule has 0 spiro atoms. The smallest absolute Gasteiger partial charge is 0.254 e. The summed E-state index contributed by atoms with van der Waals surface area (Å²) in [6, 6.07) is 2.54. The minimum atomic E-state index is -1.06. The highest BCUT2D eigenvalue weighted by Gasteiger charge is 2.35. The lowest BCUT2D eigenvalue weighted by molar-refractivity contribution is -0.141. The molecule has 5 nitrogen and oxygen atoms in total. The summed E-state index contributed by atoms with van der Waals surface area (Å²) in [5, 5.41) is 0. The van der Waals surface area contributed by atoms with Crippen LogP contribution in [0.5, 0.6) is 0 Å². The normalized spacial score (nSPS) is 21.7. The lowest BCUT2D eigenvalue weighted by Gasteiger charge is -2.38. The molecule has 2 fully saturated rings. The van der Waals surface area contributed by atoms with E-state index in [0.717, 1.165) is 25.0 Å². The van der Waals surface area contributed by atoms with Crippen LogP contribution in [-0.2, 0) is 9.53 Å². The second-order valence-corrected chi connectivity index (χ2v) is 6.08. The number of morpholine rings is 1. The van der Waals surface area contributed by atoms with E-state index in [0.29, 0.717) is 39.3 Å². The molecule has 2 amide bonds. The third-order valence-corrected chi connectivity index (χ3v) is 4.54. The minimum Gasteiger partial charge on any atom is -0.378 e. The second-order valence-electron chi connectivity index (χ2n) is 6.08. The van der Waals surface area contributed by atoms with Gasteiger partial charge in [0.1, 0.15) is 6.04 Å². The number of hydrogen-bond donors (Lipinski definition) is 0. The first-order valence-electron chi connectivity index (χ1n) is 8.20. The molecule has 2 aliphatic heterocycles. The highest BCUT2D eigenvalue weighted by atomic mass is 19.2. The Morgan fingerprint density at radius 3 is 2.50 bits per heavy atom. The van der Waals surface area contributed by atoms with Gasteiger partial charge in [-0.15, -0.1) is 0 Å². The number of carbonyl (C=O) groups is 2. The molecule has 0 aromatic heterocycles. The zero-order chi connectivity index (χ0) is 17.1. The Morgan fingerprint density at radius 2 is 1.79 bits per heavy atom. The van der Waals surface area contributed by atoms with Crippen molar-refractivity contribution in [2.24, 2.45) is 0 Å². The van der Waals surface area contributed by atoms with E-state index >= 15 is 0 Å². The maximum absolute atomic E-state index is 13.4. The molecule has 0 aliphatic carbocycles. The summed E-state index contributed by atoms with van der Waals surface area (Å²) in [4.78, 5) is 28.7. The van der Waals surface area contributed by atoms with Crippen molar-refractivity contribution in [2.75, 3.05) is 32.8 Å². The summed E-state index contributed by atoms with van der Waals surface area (Å²) < 4.78 is 31.8. The molecule has 0 N–H and O–H groups in total. The summed E-state index contributed by atoms with van der Waals surface area (Å²) in [7, 11) is 0. The van der Waals surface area contributed by atoms with Crippen molar-refractivity contribution in [3.63, 3.8) is 0 Å². The molecule has 1 atom stereocenters. The van der Waals surface area contributed by atoms with Gasteiger partial charge in [-0.1, -0.05) is 0 Å². The van der Waals surface area contributed by atoms with Crippen LogP contribution in [0, 0.1) is 11.6 Å². The fourth-order valence-electron chi connectivity index (χ4n) is 3.22. The molecule has 2 aliphatic rings. The van der Waals surface area contributed by atoms with Gasteiger partial charge in [0.25, 0.3) is 5.91 Å². The number of amides is 2. The molecule has 24 heavy (non-hydrogen) atoms. The van der Waals surface area contributed by atoms with Crippen LogP contribution in [0.1, 0.15) is 29.6 Å². The van der Waals surface area contributed by atoms with E-state index in [2.05, 4.69) is 0 Å². The van der Waals surface area contributed by atoms with Crippen LogP contribution in [0.2, 0.25) is 0 Å². The van der Waals surface area contributed by atoms with Crippen LogP contribution in [0.3, 0.4) is 0 Å². The summed E-state index contributed by atoms with van der Waals surface area (Å²) in [6.45, 7) is 2.47. The number of likely N-dealkylation sites (tertiary alicyclic amines) is 1. The minimum absolute atomic E-state index is 0.0653. The summed E-state index contributed by atoms with van der Waals surface area (Å²) in [5.41, 5.74) is 0.0653. The van der Waals surface area contributed by atoms with Crippen LogP contribution >= 0.6 is 0 Å². The summed E-state index contributed by atoms with van der Waals surface area (Å²) in [5.74, 6) is -2.57. The number of ether oxygens (including phenoxy) is 1. The number of benzene rings is 1. The van der Waals surface area contributed by atoms with E-state index in [-0.39, 0.29) is 11.5 Å². The van der Waals surface area contributed by atoms with Gasteiger partial charge in [0, 0.05) is 25.2 Å². The van der Waals surface area contributed by atoms with Crippen molar-refractivity contribution < 1.29 is 23.1 Å². The number of hydrogen-bond acceptors (Lipinski definition) is 3. The topological polar surface area (TPSA) is 49.9 Å². The highest BCUT2D eigenvalue weighted by molar-refractivity contribution is 5.97. The molecule has 0 radical (unpaired) electrons. The standard InChI is InChI=1S/C17H20F2N2O3/c18-13-5-4-12(11-14(13)19)16(22)21-6-2-1-3-15(21)17(23)20-7-9-24-10-8-20/h4-5,11,15H,1-3,6-10H2/t15-/m0/s1. The Balaban J connectivity index is 1.79. The molecule has 1 aromatic rings. The van der Waals surface area contributed by atoms with Gasteiger partial charge in [-0.05, 0) is 37.5 Å². The molecular formula is C17H20F2N2O3. The predicted octanol–water partition coefficient (Wildman–Crippen LogP) is 1.82. The van der Waals surface area contributed by atoms with Crippen LogP contribution in [0.15, 0.2) is 18.2 Å². The zero-order valence-electron chi connectivity index (χ0n) is 13.3. The molecule has 0 saturated carbocycles. The largest absolute Gasteiger partial charge is 0.378 e. The van der Waals surface area contributed by atoms with Crippen molar-refractivity contribution in [1.82, 2.24) is 9.80 Å². The number of carbonyl (C=O) groups excluding carboxylic acids is 2. The highest BCUT2D eigenvalue weighted by Crippen LogP contribution is 2.22. The van der Waals surface area contributed by atoms with Gasteiger partial charge in [0.15, 0.2) is 11.6 Å². The number of halogens is 2. The monoisotopic (exact) mass is 338 g/mol. The SMILES string of the molecule is O=C([C@@H]1CCCCN1C(=O)c1ccc(F)c(F)c1)N1CCOCC1. The first-order chi connectivity index (χ1) is 11.6. The first kappa shape index (κ1) is 16.8. The van der Waals surface area contributed by atoms with Crippen molar-refractivity contribution in [1.29, 1.82) is 0 Å². The number of piperidine rings is 1. The van der Waals surface area contributed by atoms with Gasteiger partial charge < -0.3 is 14.5 Å². The Labute approximate surface area is 139 Å². The average Bonchev–Trinajstić information content (AvgIpc) is 2.63.